The van der Waals surface area contributed by atoms with E-state index in [-0.39, 0.29) is 84.1 Å². The van der Waals surface area contributed by atoms with Crippen LogP contribution in [0, 0.1) is 23.7 Å². The van der Waals surface area contributed by atoms with Gasteiger partial charge in [-0.1, -0.05) is 69.2 Å². The zero-order valence-electron chi connectivity index (χ0n) is 25.6. The van der Waals surface area contributed by atoms with Crippen LogP contribution in [0.25, 0.3) is 0 Å². The van der Waals surface area contributed by atoms with E-state index in [4.69, 9.17) is 0 Å². The van der Waals surface area contributed by atoms with Gasteiger partial charge in [-0.05, 0) is 32.2 Å². The van der Waals surface area contributed by atoms with Crippen molar-refractivity contribution in [3.05, 3.63) is 0 Å². The molecule has 0 spiro atoms. The minimum absolute atomic E-state index is 0.0326. The second kappa shape index (κ2) is 18.4. The van der Waals surface area contributed by atoms with Gasteiger partial charge in [0.25, 0.3) is 0 Å². The average molecular weight is 538 g/mol. The molecule has 0 aromatic heterocycles. The molecular formula is C30H55N3O5. The summed E-state index contributed by atoms with van der Waals surface area (Å²) in [5.74, 6) is -0.730. The molecule has 0 aliphatic rings. The Labute approximate surface area is 231 Å². The van der Waals surface area contributed by atoms with Crippen LogP contribution >= 0.6 is 0 Å². The van der Waals surface area contributed by atoms with E-state index in [1.54, 1.807) is 13.8 Å². The molecule has 0 rings (SSSR count). The average Bonchev–Trinajstić information content (AvgIpc) is 2.82. The van der Waals surface area contributed by atoms with Gasteiger partial charge in [-0.2, -0.15) is 0 Å². The molecule has 3 unspecified atom stereocenters. The molecule has 38 heavy (non-hydrogen) atoms. The van der Waals surface area contributed by atoms with Crippen molar-refractivity contribution < 1.29 is 24.0 Å². The van der Waals surface area contributed by atoms with E-state index in [9.17, 15) is 24.0 Å². The zero-order valence-corrected chi connectivity index (χ0v) is 25.6. The van der Waals surface area contributed by atoms with Gasteiger partial charge in [0.05, 0.1) is 18.1 Å². The summed E-state index contributed by atoms with van der Waals surface area (Å²) in [7, 11) is 0. The minimum atomic E-state index is -0.707. The fourth-order valence-corrected chi connectivity index (χ4v) is 4.25. The van der Waals surface area contributed by atoms with Crippen molar-refractivity contribution in [1.82, 2.24) is 16.0 Å². The lowest BCUT2D eigenvalue weighted by atomic mass is 9.94. The Morgan fingerprint density at radius 2 is 1.03 bits per heavy atom. The number of carbonyl (C=O) groups excluding carboxylic acids is 5. The van der Waals surface area contributed by atoms with Crippen molar-refractivity contribution in [2.24, 2.45) is 23.7 Å². The first-order chi connectivity index (χ1) is 17.6. The van der Waals surface area contributed by atoms with Crippen LogP contribution in [0.5, 0.6) is 0 Å². The Kier molecular flexibility index (Phi) is 17.4. The molecule has 0 aromatic rings. The van der Waals surface area contributed by atoms with Crippen LogP contribution in [0.2, 0.25) is 0 Å². The van der Waals surface area contributed by atoms with Gasteiger partial charge < -0.3 is 16.0 Å². The molecular weight excluding hydrogens is 482 g/mol. The summed E-state index contributed by atoms with van der Waals surface area (Å²) in [6.07, 6.45) is 2.32. The van der Waals surface area contributed by atoms with Crippen LogP contribution in [0.1, 0.15) is 108 Å². The van der Waals surface area contributed by atoms with E-state index in [0.29, 0.717) is 25.8 Å². The number of amides is 1. The Morgan fingerprint density at radius 3 is 1.50 bits per heavy atom. The first-order valence-electron chi connectivity index (χ1n) is 14.5. The summed E-state index contributed by atoms with van der Waals surface area (Å²) in [5, 5.41) is 9.46. The largest absolute Gasteiger partial charge is 0.346 e. The van der Waals surface area contributed by atoms with Crippen molar-refractivity contribution in [3.63, 3.8) is 0 Å². The van der Waals surface area contributed by atoms with E-state index in [1.807, 2.05) is 55.4 Å². The summed E-state index contributed by atoms with van der Waals surface area (Å²) in [5.41, 5.74) is 0. The summed E-state index contributed by atoms with van der Waals surface area (Å²) in [6.45, 7) is 19.3. The summed E-state index contributed by atoms with van der Waals surface area (Å²) in [6, 6.07) is -1.22. The number of Topliss-reactive ketones (excluding diaryl/α,β-unsaturated/α-hetero) is 4. The van der Waals surface area contributed by atoms with Crippen molar-refractivity contribution >= 4 is 29.0 Å². The molecule has 220 valence electrons. The molecule has 0 heterocycles. The van der Waals surface area contributed by atoms with E-state index < -0.39 is 12.1 Å². The fraction of sp³-hybridized carbons (Fsp3) is 0.833. The number of carbonyl (C=O) groups is 5. The highest BCUT2D eigenvalue weighted by Crippen LogP contribution is 2.12. The zero-order chi connectivity index (χ0) is 29.6. The predicted octanol–water partition coefficient (Wildman–Crippen LogP) is 4.04. The Hall–Kier alpha value is -1.93. The van der Waals surface area contributed by atoms with Crippen LogP contribution in [-0.2, 0) is 24.0 Å². The normalized spacial score (nSPS) is 14.3. The summed E-state index contributed by atoms with van der Waals surface area (Å²) in [4.78, 5) is 62.9. The van der Waals surface area contributed by atoms with Gasteiger partial charge in [0.15, 0.2) is 17.3 Å². The van der Waals surface area contributed by atoms with Crippen LogP contribution in [0.4, 0.5) is 0 Å². The first-order valence-corrected chi connectivity index (χ1v) is 14.5. The van der Waals surface area contributed by atoms with Crippen LogP contribution in [0.3, 0.4) is 0 Å². The molecule has 8 nitrogen and oxygen atoms in total. The van der Waals surface area contributed by atoms with Crippen LogP contribution in [-0.4, -0.2) is 59.8 Å². The maximum absolute atomic E-state index is 12.8. The van der Waals surface area contributed by atoms with Crippen molar-refractivity contribution in [2.75, 3.05) is 6.54 Å². The summed E-state index contributed by atoms with van der Waals surface area (Å²) >= 11 is 0. The molecule has 0 bridgehead atoms. The highest BCUT2D eigenvalue weighted by Gasteiger charge is 2.27. The quantitative estimate of drug-likeness (QED) is 0.189. The topological polar surface area (TPSA) is 121 Å². The van der Waals surface area contributed by atoms with E-state index >= 15 is 0 Å². The number of rotatable bonds is 21. The smallest absolute Gasteiger partial charge is 0.220 e. The molecule has 3 atom stereocenters. The van der Waals surface area contributed by atoms with E-state index in [1.165, 1.54) is 0 Å². The molecule has 3 N–H and O–H groups in total. The van der Waals surface area contributed by atoms with Gasteiger partial charge in [0.1, 0.15) is 5.78 Å². The Bertz CT molecular complexity index is 774. The number of hydrogen-bond acceptors (Lipinski definition) is 7. The van der Waals surface area contributed by atoms with Crippen molar-refractivity contribution in [3.8, 4) is 0 Å². The fourth-order valence-electron chi connectivity index (χ4n) is 4.25. The number of ketones is 4. The first kappa shape index (κ1) is 36.1. The maximum Gasteiger partial charge on any atom is 0.220 e. The van der Waals surface area contributed by atoms with Crippen molar-refractivity contribution in [1.29, 1.82) is 0 Å². The molecule has 0 aliphatic heterocycles. The SMILES string of the molecule is CC(C)NC(CCCNC(CCC(=O)NC(CCC(=O)C(C)C)C(=O)C(C)C)C(=O)C(C)C)C(=O)C(C)C. The standard InChI is InChI=1S/C30H55N3O5/c1-18(2)26(34)15-13-25(30(38)21(7)8)33-27(35)16-14-23(28(36)19(3)4)31-17-11-12-24(32-22(9)10)29(37)20(5)6/h18-25,31-32H,11-17H2,1-10H3,(H,33,35). The second-order valence-electron chi connectivity index (χ2n) is 12.0. The monoisotopic (exact) mass is 537 g/mol. The van der Waals surface area contributed by atoms with E-state index in [2.05, 4.69) is 16.0 Å². The van der Waals surface area contributed by atoms with Crippen LogP contribution < -0.4 is 16.0 Å². The molecule has 0 saturated heterocycles. The lowest BCUT2D eigenvalue weighted by molar-refractivity contribution is -0.131. The molecule has 1 amide bonds. The van der Waals surface area contributed by atoms with Crippen LogP contribution in [0.15, 0.2) is 0 Å². The third-order valence-corrected chi connectivity index (χ3v) is 6.65. The third-order valence-electron chi connectivity index (χ3n) is 6.65. The molecule has 8 heteroatoms. The minimum Gasteiger partial charge on any atom is -0.346 e. The Morgan fingerprint density at radius 1 is 0.553 bits per heavy atom. The lowest BCUT2D eigenvalue weighted by Crippen LogP contribution is -2.45. The van der Waals surface area contributed by atoms with Gasteiger partial charge in [-0.15, -0.1) is 0 Å². The Balaban J connectivity index is 5.09. The number of nitrogens with one attached hydrogen (secondary N) is 3. The molecule has 0 aliphatic carbocycles. The highest BCUT2D eigenvalue weighted by molar-refractivity contribution is 5.91. The number of hydrogen-bond donors (Lipinski definition) is 3. The maximum atomic E-state index is 12.8. The van der Waals surface area contributed by atoms with Gasteiger partial charge in [-0.25, -0.2) is 0 Å². The van der Waals surface area contributed by atoms with Gasteiger partial charge in [-0.3, -0.25) is 24.0 Å². The van der Waals surface area contributed by atoms with Gasteiger partial charge in [0, 0.05) is 42.6 Å². The van der Waals surface area contributed by atoms with Gasteiger partial charge in [0.2, 0.25) is 5.91 Å². The van der Waals surface area contributed by atoms with E-state index in [0.717, 1.165) is 0 Å². The third kappa shape index (κ3) is 14.3. The molecule has 0 saturated carbocycles. The summed E-state index contributed by atoms with van der Waals surface area (Å²) < 4.78 is 0. The predicted molar refractivity (Wildman–Crippen MR) is 153 cm³/mol. The second-order valence-corrected chi connectivity index (χ2v) is 12.0. The highest BCUT2D eigenvalue weighted by atomic mass is 16.2. The molecule has 0 fully saturated rings. The molecule has 0 aromatic carbocycles. The van der Waals surface area contributed by atoms with Gasteiger partial charge >= 0.3 is 0 Å². The van der Waals surface area contributed by atoms with Crippen molar-refractivity contribution in [2.45, 2.75) is 132 Å². The lowest BCUT2D eigenvalue weighted by Gasteiger charge is -2.24. The molecule has 0 radical (unpaired) electrons.